The number of fused-ring (bicyclic) bond motifs is 3. The van der Waals surface area contributed by atoms with Crippen molar-refractivity contribution in [2.45, 2.75) is 26.4 Å². The van der Waals surface area contributed by atoms with Gasteiger partial charge < -0.3 is 10.0 Å². The number of benzene rings is 2. The summed E-state index contributed by atoms with van der Waals surface area (Å²) >= 11 is 0. The van der Waals surface area contributed by atoms with Crippen molar-refractivity contribution in [3.05, 3.63) is 59.4 Å². The zero-order chi connectivity index (χ0) is 23.0. The molecule has 0 spiro atoms. The Morgan fingerprint density at radius 2 is 1.94 bits per heavy atom. The van der Waals surface area contributed by atoms with Gasteiger partial charge in [-0.15, -0.1) is 10.2 Å². The van der Waals surface area contributed by atoms with Crippen LogP contribution in [0.15, 0.2) is 36.4 Å². The lowest BCUT2D eigenvalue weighted by molar-refractivity contribution is 0.158. The summed E-state index contributed by atoms with van der Waals surface area (Å²) in [7, 11) is 0. The summed E-state index contributed by atoms with van der Waals surface area (Å²) in [4.78, 5) is 5.32. The highest BCUT2D eigenvalue weighted by Gasteiger charge is 2.24. The Labute approximate surface area is 180 Å². The second kappa shape index (κ2) is 8.43. The van der Waals surface area contributed by atoms with Crippen LogP contribution in [0, 0.1) is 30.4 Å². The standard InChI is InChI=1S/C22H17F4N5O/c1-12(32)6-7-14-8-15(23)10-16(9-14)30(11-19(25)26)21-20-17(24)4-3-5-18(20)31-13(2)28-29-22(31)27-21/h3-5,8-10,12,19,32H,11H2,1-2H3/t12-/m1/s1. The first-order chi connectivity index (χ1) is 15.2. The van der Waals surface area contributed by atoms with Gasteiger partial charge in [-0.2, -0.15) is 4.98 Å². The second-order valence-corrected chi connectivity index (χ2v) is 7.10. The molecule has 6 nitrogen and oxygen atoms in total. The Kier molecular flexibility index (Phi) is 5.67. The molecule has 2 heterocycles. The normalized spacial score (nSPS) is 12.2. The van der Waals surface area contributed by atoms with Crippen LogP contribution in [0.3, 0.4) is 0 Å². The summed E-state index contributed by atoms with van der Waals surface area (Å²) in [6.45, 7) is 2.21. The Morgan fingerprint density at radius 1 is 1.16 bits per heavy atom. The van der Waals surface area contributed by atoms with Crippen molar-refractivity contribution in [3.63, 3.8) is 0 Å². The minimum atomic E-state index is -2.84. The van der Waals surface area contributed by atoms with Crippen molar-refractivity contribution >= 4 is 28.2 Å². The molecular weight excluding hydrogens is 426 g/mol. The predicted molar refractivity (Wildman–Crippen MR) is 111 cm³/mol. The van der Waals surface area contributed by atoms with Gasteiger partial charge in [0, 0.05) is 11.3 Å². The molecule has 0 unspecified atom stereocenters. The fraction of sp³-hybridized carbons (Fsp3) is 0.227. The van der Waals surface area contributed by atoms with E-state index >= 15 is 0 Å². The number of aromatic nitrogens is 4. The van der Waals surface area contributed by atoms with Gasteiger partial charge >= 0.3 is 0 Å². The SMILES string of the molecule is Cc1nnc2nc(N(CC(F)F)c3cc(F)cc(C#C[C@@H](C)O)c3)c3c(F)cccc3n12. The number of nitrogens with zero attached hydrogens (tertiary/aromatic N) is 5. The van der Waals surface area contributed by atoms with Crippen molar-refractivity contribution in [2.24, 2.45) is 0 Å². The molecule has 2 aromatic heterocycles. The number of hydrogen-bond acceptors (Lipinski definition) is 5. The molecule has 0 aliphatic rings. The predicted octanol–water partition coefficient (Wildman–Crippen LogP) is 4.00. The summed E-state index contributed by atoms with van der Waals surface area (Å²) in [5, 5.41) is 17.2. The highest BCUT2D eigenvalue weighted by Crippen LogP contribution is 2.34. The van der Waals surface area contributed by atoms with E-state index in [1.54, 1.807) is 13.0 Å². The molecule has 32 heavy (non-hydrogen) atoms. The third kappa shape index (κ3) is 4.07. The van der Waals surface area contributed by atoms with E-state index in [-0.39, 0.29) is 28.2 Å². The van der Waals surface area contributed by atoms with E-state index in [1.165, 1.54) is 29.5 Å². The van der Waals surface area contributed by atoms with Gasteiger partial charge in [0.15, 0.2) is 0 Å². The lowest BCUT2D eigenvalue weighted by Crippen LogP contribution is -2.26. The van der Waals surface area contributed by atoms with Crippen molar-refractivity contribution in [3.8, 4) is 11.8 Å². The summed E-state index contributed by atoms with van der Waals surface area (Å²) in [5.74, 6) is 4.01. The van der Waals surface area contributed by atoms with Crippen molar-refractivity contribution in [1.82, 2.24) is 19.6 Å². The largest absolute Gasteiger partial charge is 0.381 e. The monoisotopic (exact) mass is 443 g/mol. The van der Waals surface area contributed by atoms with Crippen molar-refractivity contribution in [2.75, 3.05) is 11.4 Å². The van der Waals surface area contributed by atoms with E-state index in [0.717, 1.165) is 17.0 Å². The number of halogens is 4. The topological polar surface area (TPSA) is 66.5 Å². The molecule has 2 aromatic carbocycles. The van der Waals surface area contributed by atoms with Crippen LogP contribution in [0.5, 0.6) is 0 Å². The first-order valence-corrected chi connectivity index (χ1v) is 9.60. The van der Waals surface area contributed by atoms with E-state index in [1.807, 2.05) is 0 Å². The van der Waals surface area contributed by atoms with Gasteiger partial charge in [0.2, 0.25) is 0 Å². The lowest BCUT2D eigenvalue weighted by Gasteiger charge is -2.25. The Hall–Kier alpha value is -3.71. The quantitative estimate of drug-likeness (QED) is 0.382. The second-order valence-electron chi connectivity index (χ2n) is 7.10. The third-order valence-corrected chi connectivity index (χ3v) is 4.67. The summed E-state index contributed by atoms with van der Waals surface area (Å²) in [6.07, 6.45) is -3.80. The molecule has 0 bridgehead atoms. The molecule has 0 amide bonds. The molecule has 0 aliphatic carbocycles. The van der Waals surface area contributed by atoms with E-state index < -0.39 is 30.7 Å². The molecule has 0 saturated heterocycles. The van der Waals surface area contributed by atoms with Gasteiger partial charge in [-0.3, -0.25) is 4.40 Å². The van der Waals surface area contributed by atoms with Crippen LogP contribution < -0.4 is 4.90 Å². The number of hydrogen-bond donors (Lipinski definition) is 1. The molecule has 4 aromatic rings. The van der Waals surface area contributed by atoms with Gasteiger partial charge in [-0.05, 0) is 44.2 Å². The van der Waals surface area contributed by atoms with Crippen LogP contribution in [-0.4, -0.2) is 43.8 Å². The fourth-order valence-corrected chi connectivity index (χ4v) is 3.41. The van der Waals surface area contributed by atoms with Gasteiger partial charge in [0.1, 0.15) is 29.4 Å². The average Bonchev–Trinajstić information content (AvgIpc) is 3.10. The van der Waals surface area contributed by atoms with E-state index in [9.17, 15) is 22.7 Å². The number of rotatable bonds is 4. The average molecular weight is 443 g/mol. The minimum absolute atomic E-state index is 0.00201. The maximum Gasteiger partial charge on any atom is 0.257 e. The van der Waals surface area contributed by atoms with Gasteiger partial charge in [0.25, 0.3) is 12.2 Å². The fourth-order valence-electron chi connectivity index (χ4n) is 3.41. The minimum Gasteiger partial charge on any atom is -0.381 e. The van der Waals surface area contributed by atoms with Crippen molar-refractivity contribution < 1.29 is 22.7 Å². The summed E-state index contributed by atoms with van der Waals surface area (Å²) < 4.78 is 58.0. The Morgan fingerprint density at radius 3 is 2.66 bits per heavy atom. The highest BCUT2D eigenvalue weighted by atomic mass is 19.3. The number of anilines is 2. The maximum atomic E-state index is 15.0. The van der Waals surface area contributed by atoms with Crippen LogP contribution in [0.25, 0.3) is 16.7 Å². The van der Waals surface area contributed by atoms with Gasteiger partial charge in [0.05, 0.1) is 17.4 Å². The molecule has 0 aliphatic heterocycles. The Bertz CT molecular complexity index is 1370. The van der Waals surface area contributed by atoms with Crippen LogP contribution in [0.2, 0.25) is 0 Å². The Balaban J connectivity index is 2.01. The molecule has 0 radical (unpaired) electrons. The number of aryl methyl sites for hydroxylation is 1. The molecule has 10 heteroatoms. The molecular formula is C22H17F4N5O. The maximum absolute atomic E-state index is 15.0. The third-order valence-electron chi connectivity index (χ3n) is 4.67. The first-order valence-electron chi connectivity index (χ1n) is 9.60. The van der Waals surface area contributed by atoms with E-state index in [2.05, 4.69) is 27.0 Å². The van der Waals surface area contributed by atoms with Crippen LogP contribution in [0.4, 0.5) is 29.1 Å². The molecule has 0 saturated carbocycles. The zero-order valence-corrected chi connectivity index (χ0v) is 17.0. The van der Waals surface area contributed by atoms with Crippen LogP contribution >= 0.6 is 0 Å². The zero-order valence-electron chi connectivity index (χ0n) is 17.0. The van der Waals surface area contributed by atoms with E-state index in [0.29, 0.717) is 11.3 Å². The molecule has 164 valence electrons. The van der Waals surface area contributed by atoms with Gasteiger partial charge in [-0.1, -0.05) is 17.9 Å². The molecule has 1 N–H and O–H groups in total. The van der Waals surface area contributed by atoms with Crippen LogP contribution in [-0.2, 0) is 0 Å². The lowest BCUT2D eigenvalue weighted by atomic mass is 10.1. The molecule has 1 atom stereocenters. The number of alkyl halides is 2. The summed E-state index contributed by atoms with van der Waals surface area (Å²) in [5.41, 5.74) is 0.486. The first kappa shape index (κ1) is 21.5. The van der Waals surface area contributed by atoms with E-state index in [4.69, 9.17) is 0 Å². The number of aliphatic hydroxyl groups excluding tert-OH is 1. The summed E-state index contributed by atoms with van der Waals surface area (Å²) in [6, 6.07) is 7.77. The highest BCUT2D eigenvalue weighted by molar-refractivity contribution is 5.94. The van der Waals surface area contributed by atoms with Crippen molar-refractivity contribution in [1.29, 1.82) is 0 Å². The van der Waals surface area contributed by atoms with Gasteiger partial charge in [-0.25, -0.2) is 17.6 Å². The van der Waals surface area contributed by atoms with Crippen LogP contribution in [0.1, 0.15) is 18.3 Å². The molecule has 4 rings (SSSR count). The molecule has 0 fully saturated rings. The number of aliphatic hydroxyl groups is 1. The smallest absolute Gasteiger partial charge is 0.257 e.